The predicted molar refractivity (Wildman–Crippen MR) is 113 cm³/mol. The molecule has 5 unspecified atom stereocenters. The van der Waals surface area contributed by atoms with Gasteiger partial charge in [0.2, 0.25) is 0 Å². The van der Waals surface area contributed by atoms with Gasteiger partial charge in [-0.2, -0.15) is 8.42 Å². The van der Waals surface area contributed by atoms with E-state index in [2.05, 4.69) is 15.0 Å². The molecule has 180 valence electrons. The van der Waals surface area contributed by atoms with Crippen LogP contribution >= 0.6 is 0 Å². The van der Waals surface area contributed by atoms with Crippen molar-refractivity contribution in [1.82, 2.24) is 19.5 Å². The molecule has 0 spiro atoms. The van der Waals surface area contributed by atoms with E-state index in [1.807, 2.05) is 0 Å². The second-order valence-electron chi connectivity index (χ2n) is 6.67. The molecule has 0 amide bonds. The first-order valence-corrected chi connectivity index (χ1v) is 11.8. The Bertz CT molecular complexity index is 1130. The molecule has 0 bridgehead atoms. The van der Waals surface area contributed by atoms with Crippen LogP contribution in [0.1, 0.15) is 16.8 Å². The summed E-state index contributed by atoms with van der Waals surface area (Å²) in [5.41, 5.74) is 11.8. The first-order chi connectivity index (χ1) is 16.0. The molecule has 2 aromatic heterocycles. The molecule has 3 rings (SSSR count). The van der Waals surface area contributed by atoms with E-state index in [4.69, 9.17) is 42.9 Å². The highest BCUT2D eigenvalue weighted by Gasteiger charge is 2.46. The Balaban J connectivity index is 0.000000784. The molecule has 0 saturated carbocycles. The number of imidazole rings is 1. The van der Waals surface area contributed by atoms with Crippen LogP contribution in [0.5, 0.6) is 0 Å². The maximum absolute atomic E-state index is 10.9. The number of carboxylic acid groups (broad SMARTS) is 1. The van der Waals surface area contributed by atoms with E-state index in [0.29, 0.717) is 11.2 Å². The minimum absolute atomic E-state index is 0.0229. The Labute approximate surface area is 189 Å². The summed E-state index contributed by atoms with van der Waals surface area (Å²) < 4.78 is 62.0. The molecular weight excluding hydrogens is 472 g/mol. The highest BCUT2D eigenvalue weighted by atomic mass is 32.3. The lowest BCUT2D eigenvalue weighted by atomic mass is 10.1. The van der Waals surface area contributed by atoms with Crippen molar-refractivity contribution >= 4 is 44.2 Å². The number of aliphatic hydroxyl groups excluding tert-OH is 2. The molecular formula is C15H25N6O9S2+. The largest absolute Gasteiger partial charge is 0.480 e. The summed E-state index contributed by atoms with van der Waals surface area (Å²) >= 11 is 0. The van der Waals surface area contributed by atoms with Crippen molar-refractivity contribution in [3.05, 3.63) is 12.7 Å². The number of nitrogen functional groups attached to an aromatic ring is 1. The van der Waals surface area contributed by atoms with Crippen molar-refractivity contribution in [3.63, 3.8) is 0 Å². The van der Waals surface area contributed by atoms with Crippen molar-refractivity contribution < 1.29 is 46.5 Å². The molecule has 15 nitrogen and oxygen atoms in total. The van der Waals surface area contributed by atoms with Gasteiger partial charge >= 0.3 is 16.4 Å². The lowest BCUT2D eigenvalue weighted by Gasteiger charge is -2.16. The zero-order valence-corrected chi connectivity index (χ0v) is 17.9. The molecule has 2 aromatic rings. The van der Waals surface area contributed by atoms with E-state index in [0.717, 1.165) is 0 Å². The van der Waals surface area contributed by atoms with Crippen LogP contribution in [0.15, 0.2) is 12.7 Å². The van der Waals surface area contributed by atoms with Crippen LogP contribution in [0.2, 0.25) is 0 Å². The van der Waals surface area contributed by atoms with E-state index in [-0.39, 0.29) is 23.7 Å². The van der Waals surface area contributed by atoms with Gasteiger partial charge in [-0.3, -0.25) is 18.5 Å². The van der Waals surface area contributed by atoms with E-state index >= 15 is 0 Å². The van der Waals surface area contributed by atoms with Crippen molar-refractivity contribution in [2.45, 2.75) is 37.0 Å². The third-order valence-electron chi connectivity index (χ3n) is 4.36. The predicted octanol–water partition coefficient (Wildman–Crippen LogP) is -2.57. The molecule has 3 heterocycles. The van der Waals surface area contributed by atoms with E-state index < -0.39 is 64.0 Å². The normalized spacial score (nSPS) is 27.0. The fourth-order valence-electron chi connectivity index (χ4n) is 2.83. The number of aliphatic hydroxyl groups is 2. The first kappa shape index (κ1) is 21.7. The second kappa shape index (κ2) is 10.7. The number of hydrogen-bond acceptors (Lipinski definition) is 11. The number of fused-ring (bicyclic) bond motifs is 1. The lowest BCUT2D eigenvalue weighted by Crippen LogP contribution is -2.37. The van der Waals surface area contributed by atoms with Crippen LogP contribution in [0.3, 0.4) is 0 Å². The first-order valence-electron chi connectivity index (χ1n) is 10.3. The Morgan fingerprint density at radius 3 is 2.59 bits per heavy atom. The van der Waals surface area contributed by atoms with Gasteiger partial charge in [-0.05, 0) is 10.9 Å². The smallest absolute Gasteiger partial charge is 0.394 e. The molecule has 32 heavy (non-hydrogen) atoms. The second-order valence-corrected chi connectivity index (χ2v) is 9.30. The zero-order valence-electron chi connectivity index (χ0n) is 19.3. The number of anilines is 1. The average molecular weight is 501 g/mol. The van der Waals surface area contributed by atoms with E-state index in [1.165, 1.54) is 17.2 Å². The fourth-order valence-corrected chi connectivity index (χ4v) is 4.20. The molecule has 1 aliphatic heterocycles. The van der Waals surface area contributed by atoms with Crippen LogP contribution in [-0.2, 0) is 30.8 Å². The maximum atomic E-state index is 10.9. The van der Waals surface area contributed by atoms with E-state index in [1.54, 1.807) is 0 Å². The van der Waals surface area contributed by atoms with Gasteiger partial charge in [-0.15, -0.1) is 0 Å². The fraction of sp³-hybridized carbons (Fsp3) is 0.600. The van der Waals surface area contributed by atoms with Crippen molar-refractivity contribution in [2.24, 2.45) is 5.73 Å². The molecule has 1 fully saturated rings. The molecule has 9 N–H and O–H groups in total. The van der Waals surface area contributed by atoms with Gasteiger partial charge < -0.3 is 31.5 Å². The number of hydrogen-bond donors (Lipinski definition) is 7. The average Bonchev–Trinajstić information content (AvgIpc) is 3.25. The van der Waals surface area contributed by atoms with Crippen molar-refractivity contribution in [3.8, 4) is 0 Å². The minimum atomic E-state index is -4.67. The topological polar surface area (TPSA) is 257 Å². The Kier molecular flexibility index (Phi) is 7.24. The molecule has 1 saturated heterocycles. The standard InChI is InChI=1S/C15H22N6O5S.H2O4S/c1-27(3-2-7(16)15(24)25)4-8-10(22)11(23)14(26-8)21-6-20-9-12(17)18-5-19-13(9)21;1-5(2,3)4/h5-8,10-11,14,22-23H,2-4,16H2,1H3,(H2-,17,18,19,24,25);(H2,1,2,3,4)/p+1/t7-,8?,10?,11?,14?,27?;/m1./s1/i1D3;. The van der Waals surface area contributed by atoms with Crippen molar-refractivity contribution in [1.29, 1.82) is 0 Å². The third-order valence-corrected chi connectivity index (χ3v) is 5.82. The van der Waals surface area contributed by atoms with Gasteiger partial charge in [0.1, 0.15) is 47.7 Å². The van der Waals surface area contributed by atoms with Gasteiger partial charge in [0.05, 0.1) is 16.6 Å². The summed E-state index contributed by atoms with van der Waals surface area (Å²) in [7, 11) is -5.97. The highest BCUT2D eigenvalue weighted by Crippen LogP contribution is 2.32. The lowest BCUT2D eigenvalue weighted by molar-refractivity contribution is -0.138. The molecule has 0 radical (unpaired) electrons. The van der Waals surface area contributed by atoms with E-state index in [9.17, 15) is 15.0 Å². The molecule has 0 aromatic carbocycles. The van der Waals surface area contributed by atoms with Crippen molar-refractivity contribution in [2.75, 3.05) is 23.4 Å². The number of aromatic nitrogens is 4. The number of nitrogens with two attached hydrogens (primary N) is 2. The van der Waals surface area contributed by atoms with Gasteiger partial charge in [-0.25, -0.2) is 15.0 Å². The number of ether oxygens (including phenoxy) is 1. The van der Waals surface area contributed by atoms with Gasteiger partial charge in [0.25, 0.3) is 0 Å². The Morgan fingerprint density at radius 1 is 1.34 bits per heavy atom. The Hall–Kier alpha value is -2.12. The van der Waals surface area contributed by atoms with Gasteiger partial charge in [0, 0.05) is 6.42 Å². The number of aliphatic carboxylic acids is 1. The Morgan fingerprint density at radius 2 is 2.00 bits per heavy atom. The zero-order chi connectivity index (χ0) is 26.7. The summed E-state index contributed by atoms with van der Waals surface area (Å²) in [4.78, 5) is 22.9. The van der Waals surface area contributed by atoms with Gasteiger partial charge in [-0.1, -0.05) is 0 Å². The van der Waals surface area contributed by atoms with Crippen LogP contribution in [0.25, 0.3) is 11.2 Å². The summed E-state index contributed by atoms with van der Waals surface area (Å²) in [6.45, 7) is 0. The van der Waals surface area contributed by atoms with Crippen LogP contribution in [-0.4, -0.2) is 100 Å². The molecule has 17 heteroatoms. The van der Waals surface area contributed by atoms with Gasteiger partial charge in [0.15, 0.2) is 17.7 Å². The summed E-state index contributed by atoms with van der Waals surface area (Å²) in [5.74, 6) is -1.15. The SMILES string of the molecule is O=S(=O)(O)O.[2H]C([2H])([2H])[S+](CC[C@@H](N)C(=O)O)CC1OC(n2cnc3c(N)ncnc32)C(O)C1O. The number of carboxylic acids is 1. The van der Waals surface area contributed by atoms with Crippen LogP contribution in [0, 0.1) is 0 Å². The molecule has 0 aliphatic carbocycles. The number of rotatable bonds is 7. The monoisotopic (exact) mass is 500 g/mol. The quantitative estimate of drug-likeness (QED) is 0.152. The molecule has 1 aliphatic rings. The summed E-state index contributed by atoms with van der Waals surface area (Å²) in [6, 6.07) is -1.18. The summed E-state index contributed by atoms with van der Waals surface area (Å²) in [5, 5.41) is 29.9. The highest BCUT2D eigenvalue weighted by molar-refractivity contribution is 7.96. The maximum Gasteiger partial charge on any atom is 0.394 e. The third kappa shape index (κ3) is 6.94. The number of carbonyl (C=O) groups is 1. The van der Waals surface area contributed by atoms with Crippen LogP contribution in [0.4, 0.5) is 5.82 Å². The minimum Gasteiger partial charge on any atom is -0.480 e. The van der Waals surface area contributed by atoms with Crippen LogP contribution < -0.4 is 11.5 Å². The summed E-state index contributed by atoms with van der Waals surface area (Å²) in [6.07, 6.45) is -4.65. The molecule has 6 atom stereocenters. The number of nitrogens with zero attached hydrogens (tertiary/aromatic N) is 4.